The van der Waals surface area contributed by atoms with Crippen molar-refractivity contribution < 1.29 is 0 Å². The Bertz CT molecular complexity index is 182. The standard InChI is InChI=1S/C5H11Cl.C3HNS/c1-2-3-4-5-6;1-2-3(4-2)5-1/h2-5H2,1H3;1H. The van der Waals surface area contributed by atoms with E-state index in [1.165, 1.54) is 30.0 Å². The molecule has 0 unspecified atom stereocenters. The lowest BCUT2D eigenvalue weighted by molar-refractivity contribution is 0.776. The molecule has 11 heavy (non-hydrogen) atoms. The predicted molar refractivity (Wildman–Crippen MR) is 51.4 cm³/mol. The number of aromatic nitrogens is 1. The minimum absolute atomic E-state index is 0.827. The Morgan fingerprint density at radius 2 is 2.27 bits per heavy atom. The largest absolute Gasteiger partial charge is 0.232 e. The molecule has 0 saturated heterocycles. The lowest BCUT2D eigenvalue weighted by Crippen LogP contribution is -1.70. The molecule has 0 bridgehead atoms. The molecular weight excluding hydrogens is 178 g/mol. The van der Waals surface area contributed by atoms with Crippen molar-refractivity contribution in [1.29, 1.82) is 0 Å². The first-order valence-corrected chi connectivity index (χ1v) is 5.31. The highest BCUT2D eigenvalue weighted by molar-refractivity contribution is 7.17. The van der Waals surface area contributed by atoms with Crippen LogP contribution >= 0.6 is 22.9 Å². The summed E-state index contributed by atoms with van der Waals surface area (Å²) >= 11 is 7.10. The van der Waals surface area contributed by atoms with Gasteiger partial charge in [0.2, 0.25) is 0 Å². The van der Waals surface area contributed by atoms with Gasteiger partial charge in [0.05, 0.1) is 0 Å². The van der Waals surface area contributed by atoms with Crippen LogP contribution in [-0.2, 0) is 0 Å². The van der Waals surface area contributed by atoms with Crippen LogP contribution in [0.25, 0.3) is 10.7 Å². The van der Waals surface area contributed by atoms with E-state index in [1.54, 1.807) is 11.3 Å². The van der Waals surface area contributed by atoms with E-state index in [-0.39, 0.29) is 0 Å². The van der Waals surface area contributed by atoms with E-state index in [1.807, 2.05) is 0 Å². The number of unbranched alkanes of at least 4 members (excludes halogenated alkanes) is 2. The smallest absolute Gasteiger partial charge is 0.143 e. The molecule has 0 spiro atoms. The van der Waals surface area contributed by atoms with Crippen molar-refractivity contribution in [1.82, 2.24) is 4.98 Å². The average molecular weight is 190 g/mol. The summed E-state index contributed by atoms with van der Waals surface area (Å²) in [6.07, 6.45) is 3.73. The molecule has 0 aromatic rings. The zero-order chi connectivity index (χ0) is 8.10. The summed E-state index contributed by atoms with van der Waals surface area (Å²) in [7, 11) is 0. The molecule has 0 aromatic carbocycles. The molecule has 0 N–H and O–H groups in total. The number of thiazole rings is 1. The number of nitrogens with zero attached hydrogens (tertiary/aromatic N) is 1. The third-order valence-corrected chi connectivity index (χ3v) is 2.54. The lowest BCUT2D eigenvalue weighted by Gasteiger charge is -1.84. The number of rotatable bonds is 3. The summed E-state index contributed by atoms with van der Waals surface area (Å²) in [6.45, 7) is 2.17. The molecule has 2 rings (SSSR count). The lowest BCUT2D eigenvalue weighted by atomic mass is 10.3. The van der Waals surface area contributed by atoms with Gasteiger partial charge in [-0.25, -0.2) is 4.98 Å². The maximum absolute atomic E-state index is 5.38. The predicted octanol–water partition coefficient (Wildman–Crippen LogP) is 3.54. The van der Waals surface area contributed by atoms with Crippen molar-refractivity contribution in [3.63, 3.8) is 0 Å². The molecule has 0 fully saturated rings. The fourth-order valence-electron chi connectivity index (χ4n) is 0.643. The van der Waals surface area contributed by atoms with Crippen LogP contribution in [0.4, 0.5) is 0 Å². The Labute approximate surface area is 76.4 Å². The van der Waals surface area contributed by atoms with Gasteiger partial charge in [0.1, 0.15) is 10.7 Å². The maximum atomic E-state index is 5.38. The summed E-state index contributed by atoms with van der Waals surface area (Å²) in [4.78, 5) is 3.91. The van der Waals surface area contributed by atoms with Gasteiger partial charge < -0.3 is 0 Å². The summed E-state index contributed by atoms with van der Waals surface area (Å²) < 4.78 is 0. The Morgan fingerprint density at radius 3 is 2.36 bits per heavy atom. The minimum atomic E-state index is 0.827. The second-order valence-electron chi connectivity index (χ2n) is 2.43. The Hall–Kier alpha value is -0.0800. The van der Waals surface area contributed by atoms with Crippen molar-refractivity contribution in [3.8, 4) is 10.7 Å². The van der Waals surface area contributed by atoms with Crippen LogP contribution in [0.2, 0.25) is 0 Å². The van der Waals surface area contributed by atoms with Crippen LogP contribution in [0.15, 0.2) is 5.38 Å². The topological polar surface area (TPSA) is 12.9 Å². The van der Waals surface area contributed by atoms with Crippen molar-refractivity contribution in [2.75, 3.05) is 5.88 Å². The molecule has 3 heteroatoms. The minimum Gasteiger partial charge on any atom is -0.232 e. The summed E-state index contributed by atoms with van der Waals surface area (Å²) in [5.41, 5.74) is 1.23. The number of halogens is 1. The van der Waals surface area contributed by atoms with Gasteiger partial charge in [0.15, 0.2) is 0 Å². The highest BCUT2D eigenvalue weighted by atomic mass is 35.5. The van der Waals surface area contributed by atoms with Crippen LogP contribution in [-0.4, -0.2) is 10.9 Å². The number of alkyl halides is 1. The quantitative estimate of drug-likeness (QED) is 0.532. The molecular formula is C8H12ClNS. The molecule has 1 nitrogen and oxygen atoms in total. The molecule has 2 aliphatic heterocycles. The summed E-state index contributed by atoms with van der Waals surface area (Å²) in [6, 6.07) is 0. The van der Waals surface area contributed by atoms with Crippen LogP contribution in [0.5, 0.6) is 0 Å². The van der Waals surface area contributed by atoms with Crippen molar-refractivity contribution in [3.05, 3.63) is 5.38 Å². The first kappa shape index (κ1) is 9.01. The molecule has 0 radical (unpaired) electrons. The van der Waals surface area contributed by atoms with Gasteiger partial charge in [-0.1, -0.05) is 19.8 Å². The van der Waals surface area contributed by atoms with E-state index in [0.717, 1.165) is 5.88 Å². The monoisotopic (exact) mass is 189 g/mol. The average Bonchev–Trinajstić information content (AvgIpc) is 2.56. The molecule has 0 aromatic heterocycles. The van der Waals surface area contributed by atoms with E-state index in [9.17, 15) is 0 Å². The molecule has 2 heterocycles. The number of fused-ring (bicyclic) bond motifs is 1. The van der Waals surface area contributed by atoms with Gasteiger partial charge in [0, 0.05) is 11.3 Å². The highest BCUT2D eigenvalue weighted by Gasteiger charge is 2.16. The maximum Gasteiger partial charge on any atom is 0.143 e. The zero-order valence-electron chi connectivity index (χ0n) is 6.64. The SMILES string of the molecule is CCCCCCl.c1sc2nc1-2. The van der Waals surface area contributed by atoms with Crippen LogP contribution in [0.3, 0.4) is 0 Å². The first-order chi connectivity index (χ1) is 5.38. The molecule has 0 saturated carbocycles. The Kier molecular flexibility index (Phi) is 3.87. The Balaban J connectivity index is 0.000000110. The van der Waals surface area contributed by atoms with E-state index in [0.29, 0.717) is 0 Å². The van der Waals surface area contributed by atoms with E-state index in [2.05, 4.69) is 17.3 Å². The van der Waals surface area contributed by atoms with Crippen LogP contribution < -0.4 is 0 Å². The van der Waals surface area contributed by atoms with E-state index in [4.69, 9.17) is 11.6 Å². The molecule has 2 aliphatic rings. The first-order valence-electron chi connectivity index (χ1n) is 3.90. The fraction of sp³-hybridized carbons (Fsp3) is 0.625. The number of hydrogen-bond acceptors (Lipinski definition) is 2. The van der Waals surface area contributed by atoms with Gasteiger partial charge in [-0.15, -0.1) is 22.9 Å². The van der Waals surface area contributed by atoms with Crippen molar-refractivity contribution in [2.45, 2.75) is 26.2 Å². The Morgan fingerprint density at radius 1 is 1.55 bits per heavy atom. The molecule has 62 valence electrons. The summed E-state index contributed by atoms with van der Waals surface area (Å²) in [5.74, 6) is 0.827. The van der Waals surface area contributed by atoms with Crippen molar-refractivity contribution >= 4 is 22.9 Å². The van der Waals surface area contributed by atoms with Gasteiger partial charge in [-0.2, -0.15) is 0 Å². The van der Waals surface area contributed by atoms with Crippen LogP contribution in [0.1, 0.15) is 26.2 Å². The zero-order valence-corrected chi connectivity index (χ0v) is 8.21. The van der Waals surface area contributed by atoms with Gasteiger partial charge in [0.25, 0.3) is 0 Å². The van der Waals surface area contributed by atoms with Crippen LogP contribution in [0, 0.1) is 0 Å². The van der Waals surface area contributed by atoms with Gasteiger partial charge >= 0.3 is 0 Å². The second-order valence-corrected chi connectivity index (χ2v) is 3.67. The second kappa shape index (κ2) is 4.73. The van der Waals surface area contributed by atoms with Gasteiger partial charge in [-0.3, -0.25) is 0 Å². The number of hydrogen-bond donors (Lipinski definition) is 0. The normalized spacial score (nSPS) is 10.4. The third-order valence-electron chi connectivity index (χ3n) is 1.41. The molecule has 0 aliphatic carbocycles. The van der Waals surface area contributed by atoms with E-state index >= 15 is 0 Å². The highest BCUT2D eigenvalue weighted by Crippen LogP contribution is 2.36. The van der Waals surface area contributed by atoms with E-state index < -0.39 is 0 Å². The van der Waals surface area contributed by atoms with Crippen molar-refractivity contribution in [2.24, 2.45) is 0 Å². The third kappa shape index (κ3) is 3.21. The van der Waals surface area contributed by atoms with Gasteiger partial charge in [-0.05, 0) is 6.42 Å². The summed E-state index contributed by atoms with van der Waals surface area (Å²) in [5, 5.41) is 3.31. The molecule has 0 atom stereocenters. The molecule has 0 amide bonds. The fourth-order valence-corrected chi connectivity index (χ4v) is 1.36.